The topological polar surface area (TPSA) is 61.3 Å². The van der Waals surface area contributed by atoms with Crippen LogP contribution in [0.5, 0.6) is 5.75 Å². The molecule has 7 heteroatoms. The fourth-order valence-electron chi connectivity index (χ4n) is 1.36. The van der Waals surface area contributed by atoms with Crippen LogP contribution in [0.3, 0.4) is 0 Å². The van der Waals surface area contributed by atoms with E-state index in [0.29, 0.717) is 15.8 Å². The molecule has 0 aliphatic rings. The predicted molar refractivity (Wildman–Crippen MR) is 74.3 cm³/mol. The van der Waals surface area contributed by atoms with Crippen LogP contribution in [-0.2, 0) is 4.74 Å². The van der Waals surface area contributed by atoms with Crippen molar-refractivity contribution in [2.24, 2.45) is 0 Å². The van der Waals surface area contributed by atoms with Gasteiger partial charge in [0.05, 0.1) is 11.2 Å². The van der Waals surface area contributed by atoms with E-state index in [4.69, 9.17) is 32.7 Å². The van der Waals surface area contributed by atoms with Gasteiger partial charge in [0.2, 0.25) is 0 Å². The molecule has 1 aromatic carbocycles. The van der Waals surface area contributed by atoms with Gasteiger partial charge in [0.1, 0.15) is 19.0 Å². The minimum atomic E-state index is -0.552. The van der Waals surface area contributed by atoms with Crippen molar-refractivity contribution in [3.8, 4) is 5.75 Å². The number of halogens is 2. The summed E-state index contributed by atoms with van der Waals surface area (Å²) in [6.07, 6.45) is 4.22. The molecular formula is C13H10Cl2N2O3. The molecular weight excluding hydrogens is 303 g/mol. The highest BCUT2D eigenvalue weighted by atomic mass is 35.5. The average molecular weight is 313 g/mol. The number of aromatic nitrogens is 2. The van der Waals surface area contributed by atoms with E-state index in [0.717, 1.165) is 0 Å². The second-order valence-corrected chi connectivity index (χ2v) is 4.49. The Hall–Kier alpha value is -1.85. The Balaban J connectivity index is 1.78. The Morgan fingerprint density at radius 3 is 2.75 bits per heavy atom. The number of rotatable bonds is 5. The molecule has 0 aliphatic heterocycles. The van der Waals surface area contributed by atoms with Crippen LogP contribution in [0, 0.1) is 0 Å². The first kappa shape index (κ1) is 14.6. The van der Waals surface area contributed by atoms with Crippen LogP contribution in [-0.4, -0.2) is 29.2 Å². The number of nitrogens with zero attached hydrogens (tertiary/aromatic N) is 2. The van der Waals surface area contributed by atoms with E-state index in [9.17, 15) is 4.79 Å². The summed E-state index contributed by atoms with van der Waals surface area (Å²) in [5.41, 5.74) is 0.150. The largest absolute Gasteiger partial charge is 0.488 e. The standard InChI is InChI=1S/C13H10Cl2N2O3/c14-9-1-2-12(10(15)7-9)19-5-6-20-13(18)11-8-16-3-4-17-11/h1-4,7-8H,5-6H2. The van der Waals surface area contributed by atoms with E-state index in [1.807, 2.05) is 0 Å². The molecule has 2 rings (SSSR count). The van der Waals surface area contributed by atoms with E-state index >= 15 is 0 Å². The monoisotopic (exact) mass is 312 g/mol. The normalized spacial score (nSPS) is 10.1. The fraction of sp³-hybridized carbons (Fsp3) is 0.154. The highest BCUT2D eigenvalue weighted by Crippen LogP contribution is 2.27. The molecule has 0 aliphatic carbocycles. The van der Waals surface area contributed by atoms with E-state index in [2.05, 4.69) is 9.97 Å². The molecule has 0 atom stereocenters. The molecule has 2 aromatic rings. The Morgan fingerprint density at radius 1 is 1.20 bits per heavy atom. The lowest BCUT2D eigenvalue weighted by Crippen LogP contribution is -2.13. The molecule has 5 nitrogen and oxygen atoms in total. The van der Waals surface area contributed by atoms with Crippen molar-refractivity contribution >= 4 is 29.2 Å². The lowest BCUT2D eigenvalue weighted by Gasteiger charge is -2.08. The summed E-state index contributed by atoms with van der Waals surface area (Å²) < 4.78 is 10.4. The Kier molecular flexibility index (Phi) is 5.15. The predicted octanol–water partition coefficient (Wildman–Crippen LogP) is 3.02. The molecule has 0 saturated heterocycles. The van der Waals surface area contributed by atoms with E-state index in [1.54, 1.807) is 18.2 Å². The smallest absolute Gasteiger partial charge is 0.358 e. The maximum Gasteiger partial charge on any atom is 0.358 e. The minimum absolute atomic E-state index is 0.0777. The van der Waals surface area contributed by atoms with Gasteiger partial charge in [-0.05, 0) is 18.2 Å². The summed E-state index contributed by atoms with van der Waals surface area (Å²) in [5, 5.41) is 0.925. The molecule has 0 radical (unpaired) electrons. The van der Waals surface area contributed by atoms with Crippen molar-refractivity contribution in [3.05, 3.63) is 52.5 Å². The third kappa shape index (κ3) is 4.08. The highest BCUT2D eigenvalue weighted by molar-refractivity contribution is 6.35. The van der Waals surface area contributed by atoms with Gasteiger partial charge in [-0.3, -0.25) is 4.98 Å². The van der Waals surface area contributed by atoms with Gasteiger partial charge in [0.25, 0.3) is 0 Å². The first-order valence-corrected chi connectivity index (χ1v) is 6.43. The molecule has 0 unspecified atom stereocenters. The first-order chi connectivity index (χ1) is 9.66. The van der Waals surface area contributed by atoms with Crippen molar-refractivity contribution in [1.82, 2.24) is 9.97 Å². The SMILES string of the molecule is O=C(OCCOc1ccc(Cl)cc1Cl)c1cnccn1. The highest BCUT2D eigenvalue weighted by Gasteiger charge is 2.08. The van der Waals surface area contributed by atoms with Crippen LogP contribution in [0.4, 0.5) is 0 Å². The number of hydrogen-bond donors (Lipinski definition) is 0. The number of carbonyl (C=O) groups excluding carboxylic acids is 1. The Labute approximate surface area is 125 Å². The Bertz CT molecular complexity index is 593. The third-order valence-corrected chi connectivity index (χ3v) is 2.77. The lowest BCUT2D eigenvalue weighted by atomic mass is 10.3. The fourth-order valence-corrected chi connectivity index (χ4v) is 1.82. The van der Waals surface area contributed by atoms with Gasteiger partial charge in [-0.2, -0.15) is 0 Å². The Morgan fingerprint density at radius 2 is 2.05 bits per heavy atom. The number of hydrogen-bond acceptors (Lipinski definition) is 5. The van der Waals surface area contributed by atoms with Crippen LogP contribution in [0.1, 0.15) is 10.5 Å². The molecule has 0 spiro atoms. The van der Waals surface area contributed by atoms with Crippen LogP contribution in [0.2, 0.25) is 10.0 Å². The van der Waals surface area contributed by atoms with E-state index < -0.39 is 5.97 Å². The molecule has 20 heavy (non-hydrogen) atoms. The summed E-state index contributed by atoms with van der Waals surface area (Å²) >= 11 is 11.7. The number of ether oxygens (including phenoxy) is 2. The number of benzene rings is 1. The molecule has 0 saturated carbocycles. The maximum atomic E-state index is 11.5. The van der Waals surface area contributed by atoms with Crippen LogP contribution in [0.15, 0.2) is 36.8 Å². The van der Waals surface area contributed by atoms with E-state index in [-0.39, 0.29) is 18.9 Å². The van der Waals surface area contributed by atoms with Crippen LogP contribution < -0.4 is 4.74 Å². The zero-order valence-electron chi connectivity index (χ0n) is 10.3. The second-order valence-electron chi connectivity index (χ2n) is 3.65. The molecule has 104 valence electrons. The molecule has 0 N–H and O–H groups in total. The number of esters is 1. The molecule has 0 bridgehead atoms. The maximum absolute atomic E-state index is 11.5. The van der Waals surface area contributed by atoms with Crippen molar-refractivity contribution in [2.75, 3.05) is 13.2 Å². The van der Waals surface area contributed by atoms with Gasteiger partial charge < -0.3 is 9.47 Å². The van der Waals surface area contributed by atoms with Gasteiger partial charge >= 0.3 is 5.97 Å². The molecule has 0 fully saturated rings. The molecule has 0 amide bonds. The zero-order valence-corrected chi connectivity index (χ0v) is 11.8. The second kappa shape index (κ2) is 7.07. The minimum Gasteiger partial charge on any atom is -0.488 e. The quantitative estimate of drug-likeness (QED) is 0.627. The van der Waals surface area contributed by atoms with Crippen LogP contribution >= 0.6 is 23.2 Å². The van der Waals surface area contributed by atoms with Gasteiger partial charge in [-0.25, -0.2) is 9.78 Å². The third-order valence-electron chi connectivity index (χ3n) is 2.24. The van der Waals surface area contributed by atoms with Gasteiger partial charge in [0, 0.05) is 17.4 Å². The number of carbonyl (C=O) groups is 1. The van der Waals surface area contributed by atoms with Crippen molar-refractivity contribution in [3.63, 3.8) is 0 Å². The van der Waals surface area contributed by atoms with Crippen molar-refractivity contribution in [2.45, 2.75) is 0 Å². The zero-order chi connectivity index (χ0) is 14.4. The first-order valence-electron chi connectivity index (χ1n) is 5.68. The summed E-state index contributed by atoms with van der Waals surface area (Å²) in [6.45, 7) is 0.252. The summed E-state index contributed by atoms with van der Waals surface area (Å²) in [6, 6.07) is 4.88. The van der Waals surface area contributed by atoms with Gasteiger partial charge in [-0.15, -0.1) is 0 Å². The summed E-state index contributed by atoms with van der Waals surface area (Å²) in [4.78, 5) is 19.1. The summed E-state index contributed by atoms with van der Waals surface area (Å²) in [7, 11) is 0. The average Bonchev–Trinajstić information content (AvgIpc) is 2.46. The molecule has 1 heterocycles. The van der Waals surface area contributed by atoms with E-state index in [1.165, 1.54) is 18.6 Å². The van der Waals surface area contributed by atoms with Gasteiger partial charge in [0.15, 0.2) is 5.69 Å². The van der Waals surface area contributed by atoms with Crippen molar-refractivity contribution < 1.29 is 14.3 Å². The van der Waals surface area contributed by atoms with Crippen molar-refractivity contribution in [1.29, 1.82) is 0 Å². The van der Waals surface area contributed by atoms with Gasteiger partial charge in [-0.1, -0.05) is 23.2 Å². The molecule has 1 aromatic heterocycles. The van der Waals surface area contributed by atoms with Crippen LogP contribution in [0.25, 0.3) is 0 Å². The summed E-state index contributed by atoms with van der Waals surface area (Å²) in [5.74, 6) is -0.0736. The lowest BCUT2D eigenvalue weighted by molar-refractivity contribution is 0.0443.